The molecule has 0 bridgehead atoms. The molecule has 134 valence electrons. The number of carbonyl (C=O) groups excluding carboxylic acids is 2. The van der Waals surface area contributed by atoms with Crippen molar-refractivity contribution in [2.24, 2.45) is 11.3 Å². The number of aliphatic carboxylic acids is 1. The maximum Gasteiger partial charge on any atom is 0.314 e. The Labute approximate surface area is 149 Å². The fourth-order valence-electron chi connectivity index (χ4n) is 4.04. The molecule has 0 unspecified atom stereocenters. The van der Waals surface area contributed by atoms with Gasteiger partial charge in [0.2, 0.25) is 5.91 Å². The molecule has 2 aliphatic rings. The maximum atomic E-state index is 13.0. The summed E-state index contributed by atoms with van der Waals surface area (Å²) in [5, 5.41) is 14.0. The minimum atomic E-state index is -1.27. The Morgan fingerprint density at radius 1 is 1.38 bits per heavy atom. The number of carboxylic acid groups (broad SMARTS) is 1. The summed E-state index contributed by atoms with van der Waals surface area (Å²) in [6.45, 7) is 4.12. The number of carbonyl (C=O) groups is 3. The zero-order valence-corrected chi connectivity index (χ0v) is 14.0. The largest absolute Gasteiger partial charge is 0.481 e. The minimum Gasteiger partial charge on any atom is -0.481 e. The summed E-state index contributed by atoms with van der Waals surface area (Å²) in [6, 6.07) is 5.39. The van der Waals surface area contributed by atoms with Gasteiger partial charge in [-0.15, -0.1) is 6.58 Å². The standard InChI is InChI=1S/C18H18N4O4/c1-2-6-20-10-18(17(25)26)11-21(9-13(18)16(20)24)15(23)12-8-19-22-7-4-3-5-14(12)22/h2-5,7-8,13H,1,6,9-11H2,(H,25,26)/t13-,18+/m0/s1. The monoisotopic (exact) mass is 354 g/mol. The Morgan fingerprint density at radius 2 is 2.19 bits per heavy atom. The lowest BCUT2D eigenvalue weighted by Crippen LogP contribution is -2.42. The third-order valence-electron chi connectivity index (χ3n) is 5.35. The average molecular weight is 354 g/mol. The molecule has 4 heterocycles. The second-order valence-electron chi connectivity index (χ2n) is 6.80. The molecule has 0 radical (unpaired) electrons. The van der Waals surface area contributed by atoms with Crippen LogP contribution < -0.4 is 0 Å². The molecule has 0 aliphatic carbocycles. The molecule has 0 aromatic carbocycles. The van der Waals surface area contributed by atoms with E-state index in [2.05, 4.69) is 11.7 Å². The van der Waals surface area contributed by atoms with Crippen molar-refractivity contribution in [1.29, 1.82) is 0 Å². The molecular weight excluding hydrogens is 336 g/mol. The van der Waals surface area contributed by atoms with Crippen LogP contribution in [0.15, 0.2) is 43.2 Å². The van der Waals surface area contributed by atoms with E-state index < -0.39 is 17.3 Å². The topological polar surface area (TPSA) is 95.2 Å². The van der Waals surface area contributed by atoms with Gasteiger partial charge in [-0.2, -0.15) is 5.10 Å². The van der Waals surface area contributed by atoms with Gasteiger partial charge in [0.1, 0.15) is 5.41 Å². The number of hydrogen-bond donors (Lipinski definition) is 1. The molecule has 2 aromatic heterocycles. The van der Waals surface area contributed by atoms with Crippen LogP contribution in [0.4, 0.5) is 0 Å². The highest BCUT2D eigenvalue weighted by molar-refractivity contribution is 6.02. The van der Waals surface area contributed by atoms with E-state index in [1.54, 1.807) is 28.9 Å². The molecule has 0 saturated carbocycles. The number of aromatic nitrogens is 2. The molecule has 4 rings (SSSR count). The van der Waals surface area contributed by atoms with Gasteiger partial charge in [0, 0.05) is 32.4 Å². The molecule has 2 aromatic rings. The summed E-state index contributed by atoms with van der Waals surface area (Å²) in [5.74, 6) is -2.31. The van der Waals surface area contributed by atoms with Crippen molar-refractivity contribution in [2.45, 2.75) is 0 Å². The van der Waals surface area contributed by atoms with Crippen LogP contribution in [0.1, 0.15) is 10.4 Å². The zero-order valence-electron chi connectivity index (χ0n) is 14.0. The van der Waals surface area contributed by atoms with Crippen molar-refractivity contribution in [1.82, 2.24) is 19.4 Å². The van der Waals surface area contributed by atoms with Gasteiger partial charge in [-0.1, -0.05) is 12.1 Å². The van der Waals surface area contributed by atoms with Crippen molar-refractivity contribution in [3.8, 4) is 0 Å². The molecule has 1 N–H and O–H groups in total. The molecule has 2 aliphatic heterocycles. The molecule has 2 amide bonds. The molecule has 26 heavy (non-hydrogen) atoms. The zero-order chi connectivity index (χ0) is 18.5. The number of pyridine rings is 1. The first kappa shape index (κ1) is 16.3. The first-order valence-corrected chi connectivity index (χ1v) is 8.32. The van der Waals surface area contributed by atoms with Crippen LogP contribution in [0.2, 0.25) is 0 Å². The molecular formula is C18H18N4O4. The number of rotatable bonds is 4. The van der Waals surface area contributed by atoms with E-state index >= 15 is 0 Å². The Morgan fingerprint density at radius 3 is 2.88 bits per heavy atom. The number of fused-ring (bicyclic) bond motifs is 2. The average Bonchev–Trinajstić information content (AvgIpc) is 3.28. The van der Waals surface area contributed by atoms with E-state index in [4.69, 9.17) is 0 Å². The molecule has 0 spiro atoms. The van der Waals surface area contributed by atoms with Gasteiger partial charge in [-0.05, 0) is 12.1 Å². The van der Waals surface area contributed by atoms with E-state index in [0.29, 0.717) is 17.6 Å². The number of carboxylic acids is 1. The summed E-state index contributed by atoms with van der Waals surface area (Å²) in [4.78, 5) is 40.6. The molecule has 8 nitrogen and oxygen atoms in total. The van der Waals surface area contributed by atoms with Gasteiger partial charge in [-0.25, -0.2) is 4.52 Å². The summed E-state index contributed by atoms with van der Waals surface area (Å²) in [6.07, 6.45) is 4.79. The maximum absolute atomic E-state index is 13.0. The molecule has 2 fully saturated rings. The van der Waals surface area contributed by atoms with Crippen molar-refractivity contribution >= 4 is 23.3 Å². The smallest absolute Gasteiger partial charge is 0.314 e. The third-order valence-corrected chi connectivity index (χ3v) is 5.35. The Hall–Kier alpha value is -3.16. The van der Waals surface area contributed by atoms with E-state index in [9.17, 15) is 19.5 Å². The second kappa shape index (κ2) is 5.69. The van der Waals surface area contributed by atoms with Gasteiger partial charge in [0.05, 0.1) is 23.2 Å². The number of amides is 2. The summed E-state index contributed by atoms with van der Waals surface area (Å²) in [5.41, 5.74) is -0.210. The molecule has 2 atom stereocenters. The van der Waals surface area contributed by atoms with Gasteiger partial charge in [0.15, 0.2) is 0 Å². The second-order valence-corrected chi connectivity index (χ2v) is 6.80. The highest BCUT2D eigenvalue weighted by Gasteiger charge is 2.62. The van der Waals surface area contributed by atoms with Crippen LogP contribution in [0, 0.1) is 11.3 Å². The molecule has 8 heteroatoms. The van der Waals surface area contributed by atoms with Crippen LogP contribution in [0.3, 0.4) is 0 Å². The highest BCUT2D eigenvalue weighted by atomic mass is 16.4. The van der Waals surface area contributed by atoms with Crippen LogP contribution in [0.25, 0.3) is 5.52 Å². The van der Waals surface area contributed by atoms with Gasteiger partial charge in [0.25, 0.3) is 5.91 Å². The first-order valence-electron chi connectivity index (χ1n) is 8.32. The van der Waals surface area contributed by atoms with Crippen LogP contribution >= 0.6 is 0 Å². The van der Waals surface area contributed by atoms with Gasteiger partial charge < -0.3 is 14.9 Å². The first-order chi connectivity index (χ1) is 12.5. The van der Waals surface area contributed by atoms with E-state index in [0.717, 1.165) is 0 Å². The number of nitrogens with zero attached hydrogens (tertiary/aromatic N) is 4. The highest BCUT2D eigenvalue weighted by Crippen LogP contribution is 2.44. The van der Waals surface area contributed by atoms with Gasteiger partial charge >= 0.3 is 5.97 Å². The van der Waals surface area contributed by atoms with Crippen LogP contribution in [-0.4, -0.2) is 68.5 Å². The van der Waals surface area contributed by atoms with Crippen molar-refractivity contribution < 1.29 is 19.5 Å². The predicted molar refractivity (Wildman–Crippen MR) is 91.4 cm³/mol. The van der Waals surface area contributed by atoms with Crippen LogP contribution in [0.5, 0.6) is 0 Å². The predicted octanol–water partition coefficient (Wildman–Crippen LogP) is 0.505. The van der Waals surface area contributed by atoms with Crippen LogP contribution in [-0.2, 0) is 9.59 Å². The van der Waals surface area contributed by atoms with E-state index in [1.807, 2.05) is 6.07 Å². The van der Waals surface area contributed by atoms with E-state index in [1.165, 1.54) is 16.0 Å². The third kappa shape index (κ3) is 2.15. The Kier molecular flexibility index (Phi) is 3.57. The fraction of sp³-hybridized carbons (Fsp3) is 0.333. The van der Waals surface area contributed by atoms with Gasteiger partial charge in [-0.3, -0.25) is 14.4 Å². The number of hydrogen-bond acceptors (Lipinski definition) is 4. The Balaban J connectivity index is 1.65. The summed E-state index contributed by atoms with van der Waals surface area (Å²) >= 11 is 0. The Bertz CT molecular complexity index is 936. The minimum absolute atomic E-state index is 0.00932. The normalized spacial score (nSPS) is 24.9. The summed E-state index contributed by atoms with van der Waals surface area (Å²) < 4.78 is 1.59. The van der Waals surface area contributed by atoms with Crippen molar-refractivity contribution in [3.05, 3.63) is 48.8 Å². The SMILES string of the molecule is C=CCN1C[C@@]2(C(=O)O)CN(C(=O)c3cnn4ccccc34)C[C@H]2C1=O. The summed E-state index contributed by atoms with van der Waals surface area (Å²) in [7, 11) is 0. The number of likely N-dealkylation sites (tertiary alicyclic amines) is 2. The quantitative estimate of drug-likeness (QED) is 0.807. The van der Waals surface area contributed by atoms with Crippen molar-refractivity contribution in [3.63, 3.8) is 0 Å². The lowest BCUT2D eigenvalue weighted by molar-refractivity contribution is -0.149. The lowest BCUT2D eigenvalue weighted by Gasteiger charge is -2.24. The van der Waals surface area contributed by atoms with E-state index in [-0.39, 0.29) is 31.4 Å². The lowest BCUT2D eigenvalue weighted by atomic mass is 9.81. The van der Waals surface area contributed by atoms with Crippen molar-refractivity contribution in [2.75, 3.05) is 26.2 Å². The molecule has 2 saturated heterocycles. The fourth-order valence-corrected chi connectivity index (χ4v) is 4.04.